The lowest BCUT2D eigenvalue weighted by Crippen LogP contribution is -2.40. The van der Waals surface area contributed by atoms with Crippen molar-refractivity contribution in [1.82, 2.24) is 0 Å². The fourth-order valence-electron chi connectivity index (χ4n) is 4.55. The van der Waals surface area contributed by atoms with E-state index >= 15 is 0 Å². The van der Waals surface area contributed by atoms with Gasteiger partial charge in [-0.25, -0.2) is 4.79 Å². The zero-order valence-corrected chi connectivity index (χ0v) is 20.3. The van der Waals surface area contributed by atoms with E-state index in [0.29, 0.717) is 6.42 Å². The van der Waals surface area contributed by atoms with Crippen LogP contribution in [0.15, 0.2) is 35.4 Å². The smallest absolute Gasteiger partial charge is 0.335 e. The van der Waals surface area contributed by atoms with Crippen LogP contribution in [0.2, 0.25) is 0 Å². The highest BCUT2D eigenvalue weighted by atomic mass is 35.5. The van der Waals surface area contributed by atoms with E-state index in [2.05, 4.69) is 0 Å². The van der Waals surface area contributed by atoms with E-state index in [0.717, 1.165) is 0 Å². The van der Waals surface area contributed by atoms with Crippen LogP contribution in [0.25, 0.3) is 0 Å². The van der Waals surface area contributed by atoms with Gasteiger partial charge in [-0.1, -0.05) is 49.8 Å². The normalized spacial score (nSPS) is 42.4. The monoisotopic (exact) mass is 516 g/mol. The molecule has 0 spiro atoms. The predicted octanol–water partition coefficient (Wildman–Crippen LogP) is 0.652. The Morgan fingerprint density at radius 3 is 2.57 bits per heavy atom. The molecule has 11 heteroatoms. The largest absolute Gasteiger partial charge is 0.481 e. The number of ether oxygens (including phenoxy) is 3. The molecule has 35 heavy (non-hydrogen) atoms. The number of carbonyl (C=O) groups excluding carboxylic acids is 1. The minimum Gasteiger partial charge on any atom is -0.481 e. The Morgan fingerprint density at radius 1 is 1.17 bits per heavy atom. The first-order valence-corrected chi connectivity index (χ1v) is 12.0. The molecular weight excluding hydrogens is 484 g/mol. The van der Waals surface area contributed by atoms with Gasteiger partial charge in [-0.15, -0.1) is 0 Å². The topological polar surface area (TPSA) is 163 Å². The summed E-state index contributed by atoms with van der Waals surface area (Å²) in [6.45, 7) is 3.45. The zero-order chi connectivity index (χ0) is 25.9. The van der Waals surface area contributed by atoms with Crippen LogP contribution in [0.4, 0.5) is 0 Å². The molecule has 4 bridgehead atoms. The maximum Gasteiger partial charge on any atom is 0.335 e. The number of esters is 1. The van der Waals surface area contributed by atoms with Gasteiger partial charge in [-0.3, -0.25) is 4.79 Å². The van der Waals surface area contributed by atoms with E-state index in [1.807, 2.05) is 0 Å². The number of carbonyl (C=O) groups is 2. The maximum absolute atomic E-state index is 13.0. The molecule has 10 nitrogen and oxygen atoms in total. The second kappa shape index (κ2) is 12.0. The Labute approximate surface area is 208 Å². The number of halogens is 1. The first kappa shape index (κ1) is 27.8. The Bertz CT molecular complexity index is 857. The number of fused-ring (bicyclic) bond motifs is 4. The van der Waals surface area contributed by atoms with Crippen molar-refractivity contribution in [2.24, 2.45) is 11.8 Å². The second-order valence-corrected chi connectivity index (χ2v) is 9.91. The molecule has 0 aromatic rings. The lowest BCUT2D eigenvalue weighted by molar-refractivity contribution is -0.171. The van der Waals surface area contributed by atoms with Gasteiger partial charge >= 0.3 is 11.9 Å². The Balaban J connectivity index is 1.86. The van der Waals surface area contributed by atoms with E-state index < -0.39 is 66.9 Å². The van der Waals surface area contributed by atoms with Gasteiger partial charge in [0, 0.05) is 11.5 Å². The Morgan fingerprint density at radius 2 is 1.89 bits per heavy atom. The van der Waals surface area contributed by atoms with Crippen molar-refractivity contribution in [3.63, 3.8) is 0 Å². The summed E-state index contributed by atoms with van der Waals surface area (Å²) in [7, 11) is 0. The van der Waals surface area contributed by atoms with Gasteiger partial charge in [-0.2, -0.15) is 0 Å². The molecule has 5 N–H and O–H groups in total. The molecule has 3 heterocycles. The lowest BCUT2D eigenvalue weighted by Gasteiger charge is -2.25. The molecule has 0 aromatic heterocycles. The molecule has 3 aliphatic heterocycles. The molecule has 0 saturated carbocycles. The van der Waals surface area contributed by atoms with Gasteiger partial charge in [0.15, 0.2) is 6.10 Å². The van der Waals surface area contributed by atoms with Crippen LogP contribution in [-0.2, 0) is 23.8 Å². The molecular formula is C24H33ClO10. The van der Waals surface area contributed by atoms with Crippen molar-refractivity contribution in [3.05, 3.63) is 35.4 Å². The third-order valence-corrected chi connectivity index (χ3v) is 6.85. The Hall–Kier alpha value is -1.79. The number of aliphatic hydroxyl groups excluding tert-OH is 4. The van der Waals surface area contributed by atoms with E-state index in [-0.39, 0.29) is 29.7 Å². The van der Waals surface area contributed by atoms with Crippen LogP contribution in [0, 0.1) is 11.8 Å². The average Bonchev–Trinajstić information content (AvgIpc) is 3.38. The van der Waals surface area contributed by atoms with Crippen LogP contribution in [0.3, 0.4) is 0 Å². The summed E-state index contributed by atoms with van der Waals surface area (Å²) >= 11 is 6.21. The first-order chi connectivity index (χ1) is 16.5. The third-order valence-electron chi connectivity index (χ3n) is 6.50. The second-order valence-electron chi connectivity index (χ2n) is 9.47. The number of allylic oxidation sites excluding steroid dienone is 3. The maximum atomic E-state index is 13.0. The van der Waals surface area contributed by atoms with Crippen LogP contribution in [0.5, 0.6) is 0 Å². The number of rotatable bonds is 5. The molecule has 0 aliphatic carbocycles. The predicted molar refractivity (Wildman–Crippen MR) is 123 cm³/mol. The van der Waals surface area contributed by atoms with Crippen LogP contribution < -0.4 is 0 Å². The van der Waals surface area contributed by atoms with Crippen molar-refractivity contribution >= 4 is 23.5 Å². The molecule has 0 unspecified atom stereocenters. The standard InChI is InChI=1S/C24H33ClO10/c1-11(8-19(28)29)6-7-15(27)23-18-10-17(34-23)20(30)13(25)4-3-5-14(26)21(31)16-9-12(2)22(33-16)24(32)35-18/h3-7,11-12,14-18,20-23,26-27,30-31H,8-10H2,1-2H3,(H,28,29)/b5-3-,7-6+,13-4-/t11-,12+,14+,15+,16+,17+,18-,20+,21+,22+,23-/m0/s1. The summed E-state index contributed by atoms with van der Waals surface area (Å²) in [5, 5.41) is 51.0. The summed E-state index contributed by atoms with van der Waals surface area (Å²) < 4.78 is 17.2. The molecule has 11 atom stereocenters. The summed E-state index contributed by atoms with van der Waals surface area (Å²) in [4.78, 5) is 23.9. The van der Waals surface area contributed by atoms with E-state index in [9.17, 15) is 30.0 Å². The highest BCUT2D eigenvalue weighted by molar-refractivity contribution is 6.30. The van der Waals surface area contributed by atoms with Crippen LogP contribution in [-0.4, -0.2) is 92.4 Å². The van der Waals surface area contributed by atoms with Gasteiger partial charge in [-0.05, 0) is 24.3 Å². The first-order valence-electron chi connectivity index (χ1n) is 11.7. The number of hydrogen-bond donors (Lipinski definition) is 5. The fourth-order valence-corrected chi connectivity index (χ4v) is 4.76. The summed E-state index contributed by atoms with van der Waals surface area (Å²) in [6.07, 6.45) is -2.65. The number of hydrogen-bond acceptors (Lipinski definition) is 9. The van der Waals surface area contributed by atoms with Crippen molar-refractivity contribution in [1.29, 1.82) is 0 Å². The summed E-state index contributed by atoms with van der Waals surface area (Å²) in [6, 6.07) is 0. The van der Waals surface area contributed by atoms with E-state index in [1.165, 1.54) is 30.4 Å². The number of aliphatic carboxylic acids is 1. The fraction of sp³-hybridized carbons (Fsp3) is 0.667. The van der Waals surface area contributed by atoms with Gasteiger partial charge in [0.25, 0.3) is 0 Å². The SMILES string of the molecule is C[C@@H]1C[C@H]2O[C@H]1C(=O)O[C@H]1C[C@@H](O[C@H]1[C@H](O)/C=C/[C@H](C)CC(=O)O)[C@H](O)/C(Cl)=C/C=C\[C@@H](O)[C@H]2O. The number of aliphatic hydroxyl groups is 4. The molecule has 2 fully saturated rings. The molecule has 3 aliphatic rings. The van der Waals surface area contributed by atoms with Gasteiger partial charge in [0.2, 0.25) is 0 Å². The minimum atomic E-state index is -1.31. The molecule has 0 amide bonds. The van der Waals surface area contributed by atoms with Crippen molar-refractivity contribution in [3.8, 4) is 0 Å². The van der Waals surface area contributed by atoms with Crippen molar-refractivity contribution in [2.45, 2.75) is 88.0 Å². The molecule has 196 valence electrons. The third kappa shape index (κ3) is 6.91. The summed E-state index contributed by atoms with van der Waals surface area (Å²) in [5.41, 5.74) is 0. The van der Waals surface area contributed by atoms with Crippen LogP contribution in [0.1, 0.15) is 33.1 Å². The van der Waals surface area contributed by atoms with E-state index in [4.69, 9.17) is 30.9 Å². The number of carboxylic acid groups (broad SMARTS) is 1. The summed E-state index contributed by atoms with van der Waals surface area (Å²) in [5.74, 6) is -2.34. The highest BCUT2D eigenvalue weighted by Crippen LogP contribution is 2.35. The lowest BCUT2D eigenvalue weighted by atomic mass is 9.97. The van der Waals surface area contributed by atoms with Crippen molar-refractivity contribution < 1.29 is 49.3 Å². The van der Waals surface area contributed by atoms with Crippen molar-refractivity contribution in [2.75, 3.05) is 0 Å². The van der Waals surface area contributed by atoms with Gasteiger partial charge in [0.05, 0.1) is 18.6 Å². The number of carboxylic acids is 1. The van der Waals surface area contributed by atoms with E-state index in [1.54, 1.807) is 13.8 Å². The highest BCUT2D eigenvalue weighted by Gasteiger charge is 2.48. The van der Waals surface area contributed by atoms with Gasteiger partial charge in [0.1, 0.15) is 36.6 Å². The van der Waals surface area contributed by atoms with Crippen LogP contribution >= 0.6 is 11.6 Å². The minimum absolute atomic E-state index is 0.0138. The molecule has 0 radical (unpaired) electrons. The average molecular weight is 517 g/mol. The van der Waals surface area contributed by atoms with Gasteiger partial charge < -0.3 is 39.7 Å². The molecule has 2 saturated heterocycles. The molecule has 0 aromatic carbocycles. The zero-order valence-electron chi connectivity index (χ0n) is 19.5. The Kier molecular flexibility index (Phi) is 9.50. The quantitative estimate of drug-likeness (QED) is 0.259. The molecule has 3 rings (SSSR count).